The average Bonchev–Trinajstić information content (AvgIpc) is 2.94. The van der Waals surface area contributed by atoms with Gasteiger partial charge in [0.1, 0.15) is 0 Å². The van der Waals surface area contributed by atoms with E-state index in [1.165, 1.54) is 9.75 Å². The molecule has 19 heavy (non-hydrogen) atoms. The van der Waals surface area contributed by atoms with Crippen LogP contribution in [0.5, 0.6) is 0 Å². The molecular weight excluding hydrogens is 278 g/mol. The van der Waals surface area contributed by atoms with Gasteiger partial charge in [-0.3, -0.25) is 4.68 Å². The molecule has 0 fully saturated rings. The Kier molecular flexibility index (Phi) is 5.02. The van der Waals surface area contributed by atoms with E-state index in [-0.39, 0.29) is 0 Å². The quantitative estimate of drug-likeness (QED) is 0.879. The first-order valence-electron chi connectivity index (χ1n) is 6.65. The number of rotatable bonds is 6. The normalized spacial score (nSPS) is 11.2. The van der Waals surface area contributed by atoms with Gasteiger partial charge in [0, 0.05) is 29.4 Å². The second-order valence-electron chi connectivity index (χ2n) is 4.49. The summed E-state index contributed by atoms with van der Waals surface area (Å²) < 4.78 is 1.99. The second kappa shape index (κ2) is 6.55. The molecular formula is C14H20ClN3S. The lowest BCUT2D eigenvalue weighted by Gasteiger charge is -2.06. The lowest BCUT2D eigenvalue weighted by Crippen LogP contribution is -2.15. The second-order valence-corrected chi connectivity index (χ2v) is 6.24. The third-order valence-electron chi connectivity index (χ3n) is 3.08. The molecule has 5 heteroatoms. The number of aromatic nitrogens is 2. The van der Waals surface area contributed by atoms with Gasteiger partial charge in [0.2, 0.25) is 0 Å². The maximum atomic E-state index is 6.37. The van der Waals surface area contributed by atoms with Crippen molar-refractivity contribution in [3.05, 3.63) is 38.3 Å². The van der Waals surface area contributed by atoms with E-state index >= 15 is 0 Å². The molecule has 0 atom stereocenters. The summed E-state index contributed by atoms with van der Waals surface area (Å²) in [5.41, 5.74) is 2.08. The zero-order chi connectivity index (χ0) is 13.8. The van der Waals surface area contributed by atoms with Gasteiger partial charge in [-0.1, -0.05) is 18.5 Å². The average molecular weight is 298 g/mol. The molecule has 1 N–H and O–H groups in total. The third-order valence-corrected chi connectivity index (χ3v) is 4.52. The molecule has 0 aliphatic heterocycles. The van der Waals surface area contributed by atoms with E-state index in [9.17, 15) is 0 Å². The molecule has 2 aromatic heterocycles. The summed E-state index contributed by atoms with van der Waals surface area (Å²) in [7, 11) is 0. The predicted molar refractivity (Wildman–Crippen MR) is 81.9 cm³/mol. The van der Waals surface area contributed by atoms with Crippen molar-refractivity contribution in [1.29, 1.82) is 0 Å². The van der Waals surface area contributed by atoms with Crippen molar-refractivity contribution in [2.45, 2.75) is 46.8 Å². The van der Waals surface area contributed by atoms with Gasteiger partial charge >= 0.3 is 0 Å². The van der Waals surface area contributed by atoms with Crippen LogP contribution < -0.4 is 5.32 Å². The van der Waals surface area contributed by atoms with E-state index in [1.807, 2.05) is 16.0 Å². The largest absolute Gasteiger partial charge is 0.306 e. The van der Waals surface area contributed by atoms with Crippen LogP contribution in [0, 0.1) is 6.92 Å². The number of hydrogen-bond donors (Lipinski definition) is 1. The summed E-state index contributed by atoms with van der Waals surface area (Å²) in [4.78, 5) is 2.70. The molecule has 0 spiro atoms. The van der Waals surface area contributed by atoms with Crippen molar-refractivity contribution in [3.8, 4) is 0 Å². The summed E-state index contributed by atoms with van der Waals surface area (Å²) in [5, 5.41) is 8.79. The number of nitrogens with zero attached hydrogens (tertiary/aromatic N) is 2. The molecule has 2 aromatic rings. The molecule has 0 aromatic carbocycles. The van der Waals surface area contributed by atoms with E-state index in [4.69, 9.17) is 11.6 Å². The highest BCUT2D eigenvalue weighted by molar-refractivity contribution is 7.11. The molecule has 0 saturated heterocycles. The molecule has 2 rings (SSSR count). The van der Waals surface area contributed by atoms with Gasteiger partial charge < -0.3 is 5.32 Å². The van der Waals surface area contributed by atoms with Gasteiger partial charge in [-0.2, -0.15) is 5.10 Å². The molecule has 0 aliphatic carbocycles. The summed E-state index contributed by atoms with van der Waals surface area (Å²) in [6.45, 7) is 8.80. The van der Waals surface area contributed by atoms with E-state index in [0.717, 1.165) is 42.5 Å². The van der Waals surface area contributed by atoms with Crippen molar-refractivity contribution < 1.29 is 0 Å². The fourth-order valence-corrected chi connectivity index (χ4v) is 3.27. The van der Waals surface area contributed by atoms with Gasteiger partial charge in [0.15, 0.2) is 0 Å². The molecule has 0 saturated carbocycles. The molecule has 0 radical (unpaired) electrons. The maximum absolute atomic E-state index is 6.37. The van der Waals surface area contributed by atoms with Gasteiger partial charge in [-0.05, 0) is 32.4 Å². The zero-order valence-corrected chi connectivity index (χ0v) is 13.2. The first-order valence-corrected chi connectivity index (χ1v) is 7.85. The molecule has 2 heterocycles. The highest BCUT2D eigenvalue weighted by atomic mass is 35.5. The molecule has 0 bridgehead atoms. The van der Waals surface area contributed by atoms with E-state index in [1.54, 1.807) is 0 Å². The van der Waals surface area contributed by atoms with Crippen LogP contribution in [0.4, 0.5) is 0 Å². The summed E-state index contributed by atoms with van der Waals surface area (Å²) >= 11 is 8.20. The molecule has 0 unspecified atom stereocenters. The monoisotopic (exact) mass is 297 g/mol. The van der Waals surface area contributed by atoms with Crippen LogP contribution in [-0.2, 0) is 26.1 Å². The minimum Gasteiger partial charge on any atom is -0.306 e. The Labute approximate surface area is 123 Å². The summed E-state index contributed by atoms with van der Waals surface area (Å²) in [6, 6.07) is 4.32. The molecule has 0 amide bonds. The van der Waals surface area contributed by atoms with Crippen molar-refractivity contribution in [1.82, 2.24) is 15.1 Å². The van der Waals surface area contributed by atoms with Crippen LogP contribution in [0.2, 0.25) is 5.02 Å². The summed E-state index contributed by atoms with van der Waals surface area (Å²) in [5.74, 6) is 0. The van der Waals surface area contributed by atoms with E-state index in [2.05, 4.69) is 43.3 Å². The Hall–Kier alpha value is -0.840. The lowest BCUT2D eigenvalue weighted by atomic mass is 10.3. The SMILES string of the molecule is CCc1nn(CC)c(CNCc2ccc(C)s2)c1Cl. The minimum atomic E-state index is 0.761. The number of thiophene rings is 1. The molecule has 3 nitrogen and oxygen atoms in total. The van der Waals surface area contributed by atoms with Gasteiger partial charge in [-0.25, -0.2) is 0 Å². The van der Waals surface area contributed by atoms with Crippen molar-refractivity contribution in [3.63, 3.8) is 0 Å². The lowest BCUT2D eigenvalue weighted by molar-refractivity contribution is 0.579. The molecule has 104 valence electrons. The Morgan fingerprint density at radius 2 is 2.11 bits per heavy atom. The Morgan fingerprint density at radius 1 is 1.32 bits per heavy atom. The fraction of sp³-hybridized carbons (Fsp3) is 0.500. The summed E-state index contributed by atoms with van der Waals surface area (Å²) in [6.07, 6.45) is 0.878. The zero-order valence-electron chi connectivity index (χ0n) is 11.7. The van der Waals surface area contributed by atoms with E-state index < -0.39 is 0 Å². The van der Waals surface area contributed by atoms with Crippen LogP contribution in [0.15, 0.2) is 12.1 Å². The topological polar surface area (TPSA) is 29.9 Å². The number of nitrogens with one attached hydrogen (secondary N) is 1. The van der Waals surface area contributed by atoms with Crippen LogP contribution >= 0.6 is 22.9 Å². The van der Waals surface area contributed by atoms with E-state index in [0.29, 0.717) is 0 Å². The maximum Gasteiger partial charge on any atom is 0.0863 e. The third kappa shape index (κ3) is 3.38. The van der Waals surface area contributed by atoms with Gasteiger partial charge in [0.05, 0.1) is 16.4 Å². The number of halogens is 1. The van der Waals surface area contributed by atoms with Crippen molar-refractivity contribution in [2.75, 3.05) is 0 Å². The Morgan fingerprint density at radius 3 is 2.68 bits per heavy atom. The smallest absolute Gasteiger partial charge is 0.0863 e. The highest BCUT2D eigenvalue weighted by Gasteiger charge is 2.13. The highest BCUT2D eigenvalue weighted by Crippen LogP contribution is 2.22. The van der Waals surface area contributed by atoms with Crippen LogP contribution in [0.25, 0.3) is 0 Å². The minimum absolute atomic E-state index is 0.761. The standard InChI is InChI=1S/C14H20ClN3S/c1-4-12-14(15)13(18(5-2)17-12)9-16-8-11-7-6-10(3)19-11/h6-7,16H,4-5,8-9H2,1-3H3. The molecule has 0 aliphatic rings. The van der Waals surface area contributed by atoms with Gasteiger partial charge in [-0.15, -0.1) is 11.3 Å². The first-order chi connectivity index (χ1) is 9.15. The number of hydrogen-bond acceptors (Lipinski definition) is 3. The van der Waals surface area contributed by atoms with Crippen LogP contribution in [-0.4, -0.2) is 9.78 Å². The van der Waals surface area contributed by atoms with Crippen molar-refractivity contribution in [2.24, 2.45) is 0 Å². The number of aryl methyl sites for hydroxylation is 3. The predicted octanol–water partition coefficient (Wildman–Crippen LogP) is 3.78. The van der Waals surface area contributed by atoms with Crippen molar-refractivity contribution >= 4 is 22.9 Å². The fourth-order valence-electron chi connectivity index (χ4n) is 2.07. The van der Waals surface area contributed by atoms with Crippen LogP contribution in [0.3, 0.4) is 0 Å². The van der Waals surface area contributed by atoms with Crippen LogP contribution in [0.1, 0.15) is 35.0 Å². The van der Waals surface area contributed by atoms with Gasteiger partial charge in [0.25, 0.3) is 0 Å². The Bertz CT molecular complexity index is 545. The first kappa shape index (κ1) is 14.6. The Balaban J connectivity index is 2.00.